The summed E-state index contributed by atoms with van der Waals surface area (Å²) >= 11 is 17.5. The third-order valence-electron chi connectivity index (χ3n) is 2.87. The molecule has 92 valence electrons. The molecule has 1 aromatic carbocycles. The molecule has 1 saturated heterocycles. The number of carbonyl (C=O) groups is 1. The fourth-order valence-electron chi connectivity index (χ4n) is 1.97. The molecular weight excluding hydrogens is 280 g/mol. The average Bonchev–Trinajstić information content (AvgIpc) is 2.65. The molecule has 0 spiro atoms. The van der Waals surface area contributed by atoms with Crippen molar-refractivity contribution in [2.45, 2.75) is 13.0 Å². The van der Waals surface area contributed by atoms with Crippen molar-refractivity contribution in [1.29, 1.82) is 0 Å². The highest BCUT2D eigenvalue weighted by Crippen LogP contribution is 2.25. The van der Waals surface area contributed by atoms with Gasteiger partial charge in [0.25, 0.3) is 0 Å². The van der Waals surface area contributed by atoms with Gasteiger partial charge >= 0.3 is 0 Å². The first-order valence-electron chi connectivity index (χ1n) is 5.38. The second kappa shape index (κ2) is 5.47. The van der Waals surface area contributed by atoms with Gasteiger partial charge in [-0.2, -0.15) is 0 Å². The number of alkyl halides is 1. The Balaban J connectivity index is 2.06. The van der Waals surface area contributed by atoms with Crippen molar-refractivity contribution in [2.24, 2.45) is 5.92 Å². The molecule has 1 heterocycles. The molecule has 0 saturated carbocycles. The van der Waals surface area contributed by atoms with Crippen LogP contribution in [0.1, 0.15) is 12.0 Å². The van der Waals surface area contributed by atoms with Gasteiger partial charge in [-0.15, -0.1) is 11.6 Å². The van der Waals surface area contributed by atoms with E-state index < -0.39 is 0 Å². The highest BCUT2D eigenvalue weighted by Gasteiger charge is 2.28. The smallest absolute Gasteiger partial charge is 0.223 e. The third kappa shape index (κ3) is 3.06. The lowest BCUT2D eigenvalue weighted by Gasteiger charge is -2.16. The third-order valence-corrected chi connectivity index (χ3v) is 4.05. The van der Waals surface area contributed by atoms with Gasteiger partial charge in [0.2, 0.25) is 5.91 Å². The predicted molar refractivity (Wildman–Crippen MR) is 70.7 cm³/mol. The lowest BCUT2D eigenvalue weighted by atomic mass is 10.1. The molecule has 0 radical (unpaired) electrons. The normalized spacial score (nSPS) is 20.1. The van der Waals surface area contributed by atoms with Crippen LogP contribution in [0.5, 0.6) is 0 Å². The molecule has 1 aliphatic heterocycles. The molecule has 1 aliphatic rings. The van der Waals surface area contributed by atoms with Gasteiger partial charge in [0, 0.05) is 25.4 Å². The van der Waals surface area contributed by atoms with E-state index in [0.29, 0.717) is 28.9 Å². The Hall–Kier alpha value is -0.440. The van der Waals surface area contributed by atoms with E-state index in [9.17, 15) is 4.79 Å². The van der Waals surface area contributed by atoms with Gasteiger partial charge in [0.05, 0.1) is 10.0 Å². The van der Waals surface area contributed by atoms with E-state index in [1.807, 2.05) is 11.0 Å². The largest absolute Gasteiger partial charge is 0.338 e. The zero-order chi connectivity index (χ0) is 12.4. The maximum atomic E-state index is 11.7. The van der Waals surface area contributed by atoms with Crippen molar-refractivity contribution in [3.8, 4) is 0 Å². The fourth-order valence-corrected chi connectivity index (χ4v) is 2.50. The first-order valence-corrected chi connectivity index (χ1v) is 6.67. The molecule has 17 heavy (non-hydrogen) atoms. The second-order valence-electron chi connectivity index (χ2n) is 4.25. The number of benzene rings is 1. The van der Waals surface area contributed by atoms with Crippen molar-refractivity contribution in [3.63, 3.8) is 0 Å². The number of hydrogen-bond acceptors (Lipinski definition) is 1. The van der Waals surface area contributed by atoms with E-state index >= 15 is 0 Å². The molecule has 1 fully saturated rings. The van der Waals surface area contributed by atoms with E-state index in [2.05, 4.69) is 0 Å². The molecule has 0 aliphatic carbocycles. The van der Waals surface area contributed by atoms with Crippen molar-refractivity contribution in [1.82, 2.24) is 4.90 Å². The molecule has 0 N–H and O–H groups in total. The number of nitrogens with zero attached hydrogens (tertiary/aromatic N) is 1. The minimum absolute atomic E-state index is 0.154. The molecule has 1 aromatic rings. The molecule has 5 heteroatoms. The summed E-state index contributed by atoms with van der Waals surface area (Å²) in [6.07, 6.45) is 0.546. The number of carbonyl (C=O) groups excluding carboxylic acids is 1. The highest BCUT2D eigenvalue weighted by atomic mass is 35.5. The summed E-state index contributed by atoms with van der Waals surface area (Å²) in [5.74, 6) is 0.956. The maximum Gasteiger partial charge on any atom is 0.223 e. The van der Waals surface area contributed by atoms with Crippen LogP contribution < -0.4 is 0 Å². The predicted octanol–water partition coefficient (Wildman–Crippen LogP) is 3.58. The van der Waals surface area contributed by atoms with Crippen LogP contribution in [0, 0.1) is 5.92 Å². The summed E-state index contributed by atoms with van der Waals surface area (Å²) in [5.41, 5.74) is 0.989. The van der Waals surface area contributed by atoms with Crippen molar-refractivity contribution >= 4 is 40.7 Å². The van der Waals surface area contributed by atoms with E-state index in [0.717, 1.165) is 12.1 Å². The van der Waals surface area contributed by atoms with Gasteiger partial charge < -0.3 is 4.90 Å². The van der Waals surface area contributed by atoms with Crippen LogP contribution in [-0.4, -0.2) is 23.2 Å². The first kappa shape index (κ1) is 13.0. The van der Waals surface area contributed by atoms with Gasteiger partial charge in [-0.3, -0.25) is 4.79 Å². The fraction of sp³-hybridized carbons (Fsp3) is 0.417. The minimum atomic E-state index is 0.154. The zero-order valence-corrected chi connectivity index (χ0v) is 11.4. The molecule has 1 amide bonds. The maximum absolute atomic E-state index is 11.7. The Labute approximate surface area is 115 Å². The number of hydrogen-bond donors (Lipinski definition) is 0. The Morgan fingerprint density at radius 1 is 1.29 bits per heavy atom. The van der Waals surface area contributed by atoms with Gasteiger partial charge in [0.15, 0.2) is 0 Å². The summed E-state index contributed by atoms with van der Waals surface area (Å²) in [6, 6.07) is 5.43. The van der Waals surface area contributed by atoms with Crippen molar-refractivity contribution in [3.05, 3.63) is 33.8 Å². The van der Waals surface area contributed by atoms with E-state index in [-0.39, 0.29) is 11.8 Å². The Morgan fingerprint density at radius 2 is 2.06 bits per heavy atom. The quantitative estimate of drug-likeness (QED) is 0.780. The molecular formula is C12H12Cl3NO. The number of amides is 1. The zero-order valence-electron chi connectivity index (χ0n) is 9.13. The van der Waals surface area contributed by atoms with Crippen LogP contribution in [0.3, 0.4) is 0 Å². The molecule has 1 atom stereocenters. The summed E-state index contributed by atoms with van der Waals surface area (Å²) < 4.78 is 0. The monoisotopic (exact) mass is 291 g/mol. The minimum Gasteiger partial charge on any atom is -0.338 e. The lowest BCUT2D eigenvalue weighted by Crippen LogP contribution is -2.24. The van der Waals surface area contributed by atoms with Crippen LogP contribution in [0.25, 0.3) is 0 Å². The molecule has 0 bridgehead atoms. The number of likely N-dealkylation sites (tertiary alicyclic amines) is 1. The summed E-state index contributed by atoms with van der Waals surface area (Å²) in [6.45, 7) is 1.30. The summed E-state index contributed by atoms with van der Waals surface area (Å²) in [7, 11) is 0. The summed E-state index contributed by atoms with van der Waals surface area (Å²) in [4.78, 5) is 13.5. The van der Waals surface area contributed by atoms with Gasteiger partial charge in [-0.1, -0.05) is 29.3 Å². The standard InChI is InChI=1S/C12H12Cl3NO/c13-5-9-4-12(17)16(7-9)6-8-1-2-10(14)11(15)3-8/h1-3,9H,4-7H2. The van der Waals surface area contributed by atoms with E-state index in [1.165, 1.54) is 0 Å². The number of rotatable bonds is 3. The van der Waals surface area contributed by atoms with Crippen LogP contribution in [-0.2, 0) is 11.3 Å². The molecule has 0 aromatic heterocycles. The Kier molecular flexibility index (Phi) is 4.18. The SMILES string of the molecule is O=C1CC(CCl)CN1Cc1ccc(Cl)c(Cl)c1. The van der Waals surface area contributed by atoms with Gasteiger partial charge in [-0.05, 0) is 23.6 Å². The number of halogens is 3. The Bertz CT molecular complexity index is 436. The second-order valence-corrected chi connectivity index (χ2v) is 5.37. The van der Waals surface area contributed by atoms with Crippen molar-refractivity contribution < 1.29 is 4.79 Å². The lowest BCUT2D eigenvalue weighted by molar-refractivity contribution is -0.128. The van der Waals surface area contributed by atoms with Crippen LogP contribution in [0.2, 0.25) is 10.0 Å². The average molecular weight is 293 g/mol. The van der Waals surface area contributed by atoms with Gasteiger partial charge in [-0.25, -0.2) is 0 Å². The first-order chi connectivity index (χ1) is 8.10. The molecule has 2 nitrogen and oxygen atoms in total. The Morgan fingerprint density at radius 3 is 2.65 bits per heavy atom. The van der Waals surface area contributed by atoms with Crippen molar-refractivity contribution in [2.75, 3.05) is 12.4 Å². The highest BCUT2D eigenvalue weighted by molar-refractivity contribution is 6.42. The topological polar surface area (TPSA) is 20.3 Å². The molecule has 1 unspecified atom stereocenters. The van der Waals surface area contributed by atoms with E-state index in [1.54, 1.807) is 12.1 Å². The van der Waals surface area contributed by atoms with Crippen LogP contribution in [0.15, 0.2) is 18.2 Å². The van der Waals surface area contributed by atoms with Crippen LogP contribution in [0.4, 0.5) is 0 Å². The van der Waals surface area contributed by atoms with Gasteiger partial charge in [0.1, 0.15) is 0 Å². The van der Waals surface area contributed by atoms with E-state index in [4.69, 9.17) is 34.8 Å². The molecule has 2 rings (SSSR count). The van der Waals surface area contributed by atoms with Crippen LogP contribution >= 0.6 is 34.8 Å². The summed E-state index contributed by atoms with van der Waals surface area (Å²) in [5, 5.41) is 1.05.